The van der Waals surface area contributed by atoms with E-state index in [1.54, 1.807) is 0 Å². The minimum absolute atomic E-state index is 0.154. The van der Waals surface area contributed by atoms with Gasteiger partial charge in [0.25, 0.3) is 0 Å². The Bertz CT molecular complexity index is 840. The van der Waals surface area contributed by atoms with E-state index in [0.717, 1.165) is 55.9 Å². The van der Waals surface area contributed by atoms with Crippen molar-refractivity contribution >= 4 is 23.7 Å². The number of aromatic nitrogens is 2. The molecule has 8 nitrogen and oxygen atoms in total. The van der Waals surface area contributed by atoms with Gasteiger partial charge in [-0.1, -0.05) is 6.42 Å². The number of carbonyl (C=O) groups is 1. The maximum atomic E-state index is 12.8. The highest BCUT2D eigenvalue weighted by Gasteiger charge is 2.43. The van der Waals surface area contributed by atoms with Crippen LogP contribution >= 0.6 is 0 Å². The number of ether oxygens (including phenoxy) is 1. The molecule has 1 aromatic heterocycles. The molecule has 31 heavy (non-hydrogen) atoms. The van der Waals surface area contributed by atoms with E-state index in [2.05, 4.69) is 20.2 Å². The van der Waals surface area contributed by atoms with Crippen molar-refractivity contribution in [3.63, 3.8) is 0 Å². The number of nitrogen functional groups attached to an aromatic ring is 1. The summed E-state index contributed by atoms with van der Waals surface area (Å²) in [6, 6.07) is 2.70. The van der Waals surface area contributed by atoms with E-state index in [1.807, 2.05) is 31.7 Å². The van der Waals surface area contributed by atoms with E-state index < -0.39 is 5.60 Å². The number of fused-ring (bicyclic) bond motifs is 3. The Labute approximate surface area is 184 Å². The quantitative estimate of drug-likeness (QED) is 0.760. The summed E-state index contributed by atoms with van der Waals surface area (Å²) in [6.07, 6.45) is 7.22. The first kappa shape index (κ1) is 20.6. The van der Waals surface area contributed by atoms with Crippen molar-refractivity contribution in [1.82, 2.24) is 14.9 Å². The molecule has 0 radical (unpaired) electrons. The predicted octanol–water partition coefficient (Wildman–Crippen LogP) is 3.50. The largest absolute Gasteiger partial charge is 0.444 e. The molecule has 1 amide bonds. The van der Waals surface area contributed by atoms with Crippen molar-refractivity contribution in [3.05, 3.63) is 6.07 Å². The fourth-order valence-corrected chi connectivity index (χ4v) is 6.21. The van der Waals surface area contributed by atoms with Crippen LogP contribution in [0.15, 0.2) is 6.07 Å². The number of nitrogens with two attached hydrogens (primary N) is 1. The molecule has 0 spiro atoms. The normalized spacial score (nSPS) is 32.3. The first-order valence-electron chi connectivity index (χ1n) is 11.9. The molecule has 2 aliphatic carbocycles. The molecule has 3 heterocycles. The Morgan fingerprint density at radius 3 is 2.71 bits per heavy atom. The minimum Gasteiger partial charge on any atom is -0.444 e. The molecule has 2 bridgehead atoms. The van der Waals surface area contributed by atoms with Crippen LogP contribution in [0.3, 0.4) is 0 Å². The van der Waals surface area contributed by atoms with Crippen LogP contribution in [0.4, 0.5) is 22.4 Å². The van der Waals surface area contributed by atoms with Crippen molar-refractivity contribution < 1.29 is 9.53 Å². The third-order valence-electron chi connectivity index (χ3n) is 7.53. The van der Waals surface area contributed by atoms with Crippen molar-refractivity contribution in [2.24, 2.45) is 17.8 Å². The zero-order valence-electron chi connectivity index (χ0n) is 19.0. The second kappa shape index (κ2) is 7.71. The summed E-state index contributed by atoms with van der Waals surface area (Å²) in [5.41, 5.74) is 5.61. The summed E-state index contributed by atoms with van der Waals surface area (Å²) in [7, 11) is 0. The van der Waals surface area contributed by atoms with Crippen LogP contribution in [0.5, 0.6) is 0 Å². The number of nitrogens with one attached hydrogen (secondary N) is 1. The first-order chi connectivity index (χ1) is 14.7. The topological polar surface area (TPSA) is 96.6 Å². The van der Waals surface area contributed by atoms with Gasteiger partial charge < -0.3 is 25.6 Å². The molecule has 5 rings (SSSR count). The second-order valence-electron chi connectivity index (χ2n) is 10.9. The number of amides is 1. The maximum Gasteiger partial charge on any atom is 0.410 e. The Kier molecular flexibility index (Phi) is 5.13. The Morgan fingerprint density at radius 1 is 1.16 bits per heavy atom. The van der Waals surface area contributed by atoms with Gasteiger partial charge in [-0.25, -0.2) is 4.79 Å². The molecule has 5 atom stereocenters. The van der Waals surface area contributed by atoms with Gasteiger partial charge in [0.1, 0.15) is 17.2 Å². The fourth-order valence-electron chi connectivity index (χ4n) is 6.21. The van der Waals surface area contributed by atoms with Gasteiger partial charge in [0.15, 0.2) is 0 Å². The van der Waals surface area contributed by atoms with E-state index in [9.17, 15) is 4.79 Å². The molecule has 170 valence electrons. The average Bonchev–Trinajstić information content (AvgIpc) is 3.40. The van der Waals surface area contributed by atoms with Crippen LogP contribution in [-0.4, -0.2) is 58.3 Å². The standard InChI is InChI=1S/C23H36N6O2/c1-23(2,3)31-22(30)29-8-4-5-16-12-28(13-18(16)29)20-11-19(26-21(24)27-20)25-17-10-14-6-7-15(17)9-14/h11,14-18H,4-10,12-13H2,1-3H3,(H3,24,25,26,27)/t14-,15+,16+,17+,18-/m0/s1. The summed E-state index contributed by atoms with van der Waals surface area (Å²) in [5, 5.41) is 3.65. The second-order valence-corrected chi connectivity index (χ2v) is 10.9. The van der Waals surface area contributed by atoms with E-state index in [-0.39, 0.29) is 12.1 Å². The van der Waals surface area contributed by atoms with Crippen LogP contribution in [0.25, 0.3) is 0 Å². The monoisotopic (exact) mass is 428 g/mol. The zero-order chi connectivity index (χ0) is 21.8. The van der Waals surface area contributed by atoms with Crippen LogP contribution in [0.1, 0.15) is 59.3 Å². The molecule has 8 heteroatoms. The maximum absolute atomic E-state index is 12.8. The molecule has 4 fully saturated rings. The average molecular weight is 429 g/mol. The summed E-state index contributed by atoms with van der Waals surface area (Å²) < 4.78 is 5.68. The molecule has 2 saturated carbocycles. The summed E-state index contributed by atoms with van der Waals surface area (Å²) in [6.45, 7) is 8.15. The lowest BCUT2D eigenvalue weighted by molar-refractivity contribution is 0.00669. The number of anilines is 3. The van der Waals surface area contributed by atoms with Gasteiger partial charge >= 0.3 is 6.09 Å². The van der Waals surface area contributed by atoms with Crippen molar-refractivity contribution in [2.75, 3.05) is 35.6 Å². The predicted molar refractivity (Wildman–Crippen MR) is 121 cm³/mol. The van der Waals surface area contributed by atoms with E-state index >= 15 is 0 Å². The molecule has 2 saturated heterocycles. The van der Waals surface area contributed by atoms with E-state index in [0.29, 0.717) is 17.9 Å². The Balaban J connectivity index is 1.30. The van der Waals surface area contributed by atoms with Gasteiger partial charge in [0, 0.05) is 31.7 Å². The van der Waals surface area contributed by atoms with Crippen molar-refractivity contribution in [1.29, 1.82) is 0 Å². The summed E-state index contributed by atoms with van der Waals surface area (Å²) in [4.78, 5) is 26.0. The minimum atomic E-state index is -0.482. The SMILES string of the molecule is CC(C)(C)OC(=O)N1CCC[C@@H]2CN(c3cc(N[C@@H]4C[C@H]5CC[C@@H]4C5)nc(N)n3)C[C@@H]21. The number of nitrogens with zero attached hydrogens (tertiary/aromatic N) is 4. The number of carbonyl (C=O) groups excluding carboxylic acids is 1. The summed E-state index contributed by atoms with van der Waals surface area (Å²) >= 11 is 0. The zero-order valence-corrected chi connectivity index (χ0v) is 19.0. The lowest BCUT2D eigenvalue weighted by Gasteiger charge is -2.37. The van der Waals surface area contributed by atoms with Gasteiger partial charge in [-0.05, 0) is 70.6 Å². The highest BCUT2D eigenvalue weighted by atomic mass is 16.6. The summed E-state index contributed by atoms with van der Waals surface area (Å²) in [5.74, 6) is 4.07. The first-order valence-corrected chi connectivity index (χ1v) is 11.9. The Hall–Kier alpha value is -2.25. The lowest BCUT2D eigenvalue weighted by Crippen LogP contribution is -2.50. The third-order valence-corrected chi connectivity index (χ3v) is 7.53. The highest BCUT2D eigenvalue weighted by molar-refractivity contribution is 5.69. The molecular weight excluding hydrogens is 392 g/mol. The van der Waals surface area contributed by atoms with Gasteiger partial charge in [0.2, 0.25) is 5.95 Å². The lowest BCUT2D eigenvalue weighted by atomic mass is 9.92. The Morgan fingerprint density at radius 2 is 2.00 bits per heavy atom. The highest BCUT2D eigenvalue weighted by Crippen LogP contribution is 2.45. The van der Waals surface area contributed by atoms with Crippen molar-refractivity contribution in [2.45, 2.75) is 77.0 Å². The van der Waals surface area contributed by atoms with Gasteiger partial charge in [0.05, 0.1) is 6.04 Å². The molecular formula is C23H36N6O2. The number of hydrogen-bond donors (Lipinski definition) is 2. The van der Waals surface area contributed by atoms with Crippen LogP contribution in [0.2, 0.25) is 0 Å². The van der Waals surface area contributed by atoms with E-state index in [4.69, 9.17) is 10.5 Å². The van der Waals surface area contributed by atoms with Crippen LogP contribution in [-0.2, 0) is 4.74 Å². The van der Waals surface area contributed by atoms with Gasteiger partial charge in [-0.15, -0.1) is 0 Å². The number of likely N-dealkylation sites (tertiary alicyclic amines) is 1. The number of piperidine rings is 1. The fraction of sp³-hybridized carbons (Fsp3) is 0.783. The molecule has 1 aromatic rings. The van der Waals surface area contributed by atoms with Gasteiger partial charge in [-0.2, -0.15) is 9.97 Å². The molecule has 0 unspecified atom stereocenters. The van der Waals surface area contributed by atoms with Crippen molar-refractivity contribution in [3.8, 4) is 0 Å². The van der Waals surface area contributed by atoms with Gasteiger partial charge in [-0.3, -0.25) is 0 Å². The van der Waals surface area contributed by atoms with Crippen LogP contribution in [0, 0.1) is 17.8 Å². The number of rotatable bonds is 3. The molecule has 2 aliphatic heterocycles. The number of hydrogen-bond acceptors (Lipinski definition) is 7. The molecule has 4 aliphatic rings. The van der Waals surface area contributed by atoms with Crippen LogP contribution < -0.4 is 16.0 Å². The van der Waals surface area contributed by atoms with E-state index in [1.165, 1.54) is 25.7 Å². The third kappa shape index (κ3) is 4.26. The molecule has 0 aromatic carbocycles. The smallest absolute Gasteiger partial charge is 0.410 e. The molecule has 3 N–H and O–H groups in total.